The van der Waals surface area contributed by atoms with E-state index in [0.29, 0.717) is 18.5 Å². The van der Waals surface area contributed by atoms with Gasteiger partial charge in [-0.05, 0) is 57.7 Å². The highest BCUT2D eigenvalue weighted by atomic mass is 16.4. The third-order valence-electron chi connectivity index (χ3n) is 4.89. The number of rotatable bonds is 2. The monoisotopic (exact) mass is 326 g/mol. The molecule has 1 aromatic carbocycles. The normalized spacial score (nSPS) is 18.0. The Labute approximate surface area is 141 Å². The Morgan fingerprint density at radius 3 is 2.67 bits per heavy atom. The number of hydrogen-bond donors (Lipinski definition) is 1. The van der Waals surface area contributed by atoms with Crippen LogP contribution in [0.15, 0.2) is 18.2 Å². The summed E-state index contributed by atoms with van der Waals surface area (Å²) in [5, 5.41) is 10.3. The Morgan fingerprint density at radius 2 is 1.96 bits per heavy atom. The van der Waals surface area contributed by atoms with Crippen molar-refractivity contribution in [3.8, 4) is 0 Å². The third-order valence-corrected chi connectivity index (χ3v) is 4.89. The quantitative estimate of drug-likeness (QED) is 0.920. The lowest BCUT2D eigenvalue weighted by Gasteiger charge is -2.33. The van der Waals surface area contributed by atoms with Crippen molar-refractivity contribution in [2.24, 2.45) is 0 Å². The minimum Gasteiger partial charge on any atom is -0.480 e. The lowest BCUT2D eigenvalue weighted by Crippen LogP contribution is -2.48. The van der Waals surface area contributed by atoms with Crippen LogP contribution in [-0.4, -0.2) is 39.5 Å². The van der Waals surface area contributed by atoms with Gasteiger partial charge in [-0.15, -0.1) is 0 Å². The maximum absolute atomic E-state index is 13.2. The van der Waals surface area contributed by atoms with Gasteiger partial charge in [0.25, 0.3) is 5.91 Å². The van der Waals surface area contributed by atoms with Crippen LogP contribution in [0.25, 0.3) is 10.9 Å². The first-order valence-corrected chi connectivity index (χ1v) is 8.31. The van der Waals surface area contributed by atoms with E-state index in [1.165, 1.54) is 4.90 Å². The van der Waals surface area contributed by atoms with Crippen molar-refractivity contribution in [2.45, 2.75) is 46.1 Å². The fourth-order valence-electron chi connectivity index (χ4n) is 3.45. The van der Waals surface area contributed by atoms with Crippen molar-refractivity contribution in [3.63, 3.8) is 0 Å². The highest BCUT2D eigenvalue weighted by Crippen LogP contribution is 2.28. The molecule has 1 fully saturated rings. The molecule has 5 heteroatoms. The summed E-state index contributed by atoms with van der Waals surface area (Å²) in [6, 6.07) is 5.11. The molecule has 1 atom stereocenters. The highest BCUT2D eigenvalue weighted by Gasteiger charge is 2.34. The number of benzene rings is 1. The Hall–Kier alpha value is -2.43. The number of piperidine rings is 1. The maximum Gasteiger partial charge on any atom is 0.326 e. The van der Waals surface area contributed by atoms with E-state index in [0.717, 1.165) is 40.6 Å². The molecule has 2 aromatic rings. The van der Waals surface area contributed by atoms with Crippen molar-refractivity contribution < 1.29 is 14.7 Å². The Balaban J connectivity index is 2.17. The molecule has 1 aliphatic rings. The van der Waals surface area contributed by atoms with Crippen molar-refractivity contribution in [2.75, 3.05) is 6.54 Å². The Bertz CT molecular complexity index is 829. The first kappa shape index (κ1) is 16.4. The number of amides is 1. The molecular weight excluding hydrogens is 304 g/mol. The molecule has 3 rings (SSSR count). The maximum atomic E-state index is 13.2. The lowest BCUT2D eigenvalue weighted by molar-refractivity contribution is -0.143. The number of hydrogen-bond acceptors (Lipinski definition) is 3. The molecule has 1 unspecified atom stereocenters. The Kier molecular flexibility index (Phi) is 4.26. The second-order valence-corrected chi connectivity index (χ2v) is 6.57. The van der Waals surface area contributed by atoms with E-state index in [9.17, 15) is 14.7 Å². The van der Waals surface area contributed by atoms with E-state index in [2.05, 4.69) is 4.98 Å². The van der Waals surface area contributed by atoms with Gasteiger partial charge in [0.15, 0.2) is 0 Å². The average molecular weight is 326 g/mol. The van der Waals surface area contributed by atoms with Crippen LogP contribution in [0.5, 0.6) is 0 Å². The van der Waals surface area contributed by atoms with Crippen molar-refractivity contribution in [1.29, 1.82) is 0 Å². The SMILES string of the molecule is Cc1ccc2nc(C)c(C)c(C(=O)N3CCCCC3C(=O)O)c2c1. The lowest BCUT2D eigenvalue weighted by atomic mass is 9.96. The molecule has 0 aliphatic carbocycles. The molecule has 0 spiro atoms. The second kappa shape index (κ2) is 6.23. The zero-order valence-electron chi connectivity index (χ0n) is 14.3. The van der Waals surface area contributed by atoms with E-state index in [4.69, 9.17) is 0 Å². The number of likely N-dealkylation sites (tertiary alicyclic amines) is 1. The van der Waals surface area contributed by atoms with Crippen LogP contribution in [0.2, 0.25) is 0 Å². The minimum absolute atomic E-state index is 0.194. The van der Waals surface area contributed by atoms with E-state index in [-0.39, 0.29) is 5.91 Å². The summed E-state index contributed by atoms with van der Waals surface area (Å²) in [7, 11) is 0. The molecule has 1 N–H and O–H groups in total. The van der Waals surface area contributed by atoms with Gasteiger partial charge in [-0.3, -0.25) is 9.78 Å². The van der Waals surface area contributed by atoms with Gasteiger partial charge in [0.05, 0.1) is 11.1 Å². The molecule has 1 amide bonds. The van der Waals surface area contributed by atoms with Crippen LogP contribution in [-0.2, 0) is 4.79 Å². The molecule has 1 saturated heterocycles. The van der Waals surface area contributed by atoms with Gasteiger partial charge in [-0.1, -0.05) is 11.6 Å². The number of carboxylic acid groups (broad SMARTS) is 1. The summed E-state index contributed by atoms with van der Waals surface area (Å²) < 4.78 is 0. The number of nitrogens with zero attached hydrogens (tertiary/aromatic N) is 2. The summed E-state index contributed by atoms with van der Waals surface area (Å²) in [6.45, 7) is 6.24. The van der Waals surface area contributed by atoms with E-state index in [1.54, 1.807) is 0 Å². The fraction of sp³-hybridized carbons (Fsp3) is 0.421. The zero-order chi connectivity index (χ0) is 17.4. The summed E-state index contributed by atoms with van der Waals surface area (Å²) in [6.07, 6.45) is 2.20. The molecule has 2 heterocycles. The number of fused-ring (bicyclic) bond motifs is 1. The van der Waals surface area contributed by atoms with Crippen LogP contribution < -0.4 is 0 Å². The first-order chi connectivity index (χ1) is 11.4. The summed E-state index contributed by atoms with van der Waals surface area (Å²) in [5.41, 5.74) is 4.05. The van der Waals surface area contributed by atoms with Gasteiger partial charge in [0.1, 0.15) is 6.04 Å². The number of carboxylic acids is 1. The van der Waals surface area contributed by atoms with Crippen LogP contribution in [0.4, 0.5) is 0 Å². The average Bonchev–Trinajstić information content (AvgIpc) is 2.56. The molecule has 0 saturated carbocycles. The molecule has 5 nitrogen and oxygen atoms in total. The third kappa shape index (κ3) is 2.75. The number of aliphatic carboxylic acids is 1. The molecular formula is C19H22N2O3. The molecule has 1 aromatic heterocycles. The standard InChI is InChI=1S/C19H22N2O3/c1-11-7-8-15-14(10-11)17(12(2)13(3)20-15)18(22)21-9-5-4-6-16(21)19(23)24/h7-8,10,16H,4-6,9H2,1-3H3,(H,23,24). The predicted octanol–water partition coefficient (Wildman–Crippen LogP) is 3.24. The van der Waals surface area contributed by atoms with E-state index in [1.807, 2.05) is 39.0 Å². The largest absolute Gasteiger partial charge is 0.480 e. The van der Waals surface area contributed by atoms with E-state index < -0.39 is 12.0 Å². The topological polar surface area (TPSA) is 70.5 Å². The van der Waals surface area contributed by atoms with Crippen LogP contribution >= 0.6 is 0 Å². The van der Waals surface area contributed by atoms with Gasteiger partial charge in [0.2, 0.25) is 0 Å². The van der Waals surface area contributed by atoms with Crippen LogP contribution in [0, 0.1) is 20.8 Å². The molecule has 0 bridgehead atoms. The van der Waals surface area contributed by atoms with E-state index >= 15 is 0 Å². The van der Waals surface area contributed by atoms with Crippen molar-refractivity contribution in [3.05, 3.63) is 40.6 Å². The summed E-state index contributed by atoms with van der Waals surface area (Å²) in [4.78, 5) is 30.9. The molecule has 24 heavy (non-hydrogen) atoms. The van der Waals surface area contributed by atoms with Crippen molar-refractivity contribution in [1.82, 2.24) is 9.88 Å². The Morgan fingerprint density at radius 1 is 1.21 bits per heavy atom. The van der Waals surface area contributed by atoms with Gasteiger partial charge >= 0.3 is 5.97 Å². The van der Waals surface area contributed by atoms with Crippen molar-refractivity contribution >= 4 is 22.8 Å². The van der Waals surface area contributed by atoms with Gasteiger partial charge < -0.3 is 10.0 Å². The highest BCUT2D eigenvalue weighted by molar-refractivity contribution is 6.08. The number of carbonyl (C=O) groups excluding carboxylic acids is 1. The van der Waals surface area contributed by atoms with Gasteiger partial charge in [-0.25, -0.2) is 4.79 Å². The zero-order valence-corrected chi connectivity index (χ0v) is 14.3. The summed E-state index contributed by atoms with van der Waals surface area (Å²) in [5.74, 6) is -1.12. The number of aryl methyl sites for hydroxylation is 2. The molecule has 1 aliphatic heterocycles. The van der Waals surface area contributed by atoms with Crippen LogP contribution in [0.3, 0.4) is 0 Å². The smallest absolute Gasteiger partial charge is 0.326 e. The van der Waals surface area contributed by atoms with Crippen LogP contribution in [0.1, 0.15) is 46.4 Å². The summed E-state index contributed by atoms with van der Waals surface area (Å²) >= 11 is 0. The number of pyridine rings is 1. The molecule has 126 valence electrons. The predicted molar refractivity (Wildman–Crippen MR) is 92.3 cm³/mol. The van der Waals surface area contributed by atoms with Gasteiger partial charge in [-0.2, -0.15) is 0 Å². The fourth-order valence-corrected chi connectivity index (χ4v) is 3.45. The second-order valence-electron chi connectivity index (χ2n) is 6.57. The first-order valence-electron chi connectivity index (χ1n) is 8.31. The van der Waals surface area contributed by atoms with Gasteiger partial charge in [0, 0.05) is 17.6 Å². The number of aromatic nitrogens is 1. The molecule has 0 radical (unpaired) electrons. The minimum atomic E-state index is -0.924. The number of carbonyl (C=O) groups is 2.